The van der Waals surface area contributed by atoms with Crippen molar-refractivity contribution >= 4 is 11.9 Å². The Morgan fingerprint density at radius 1 is 1.24 bits per heavy atom. The Morgan fingerprint density at radius 2 is 2.00 bits per heavy atom. The summed E-state index contributed by atoms with van der Waals surface area (Å²) in [5.74, 6) is 0.250. The van der Waals surface area contributed by atoms with Crippen molar-refractivity contribution in [3.05, 3.63) is 0 Å². The molecule has 0 aliphatic carbocycles. The van der Waals surface area contributed by atoms with Crippen molar-refractivity contribution in [2.45, 2.75) is 64.5 Å². The molecule has 0 N–H and O–H groups in total. The molecule has 2 aliphatic rings. The fourth-order valence-corrected chi connectivity index (χ4v) is 2.96. The Bertz CT molecular complexity index is 382. The maximum absolute atomic E-state index is 12.3. The summed E-state index contributed by atoms with van der Waals surface area (Å²) in [5, 5.41) is 0. The van der Waals surface area contributed by atoms with Crippen LogP contribution in [0.5, 0.6) is 0 Å². The molecule has 2 rings (SSSR count). The van der Waals surface area contributed by atoms with Gasteiger partial charge >= 0.3 is 6.09 Å². The minimum atomic E-state index is -0.498. The second-order valence-electron chi connectivity index (χ2n) is 7.05. The first kappa shape index (κ1) is 16.3. The Hall–Kier alpha value is -1.10. The van der Waals surface area contributed by atoms with Gasteiger partial charge < -0.3 is 14.4 Å². The maximum atomic E-state index is 12.3. The van der Waals surface area contributed by atoms with Crippen LogP contribution in [0.1, 0.15) is 52.9 Å². The average molecular weight is 297 g/mol. The third-order valence-electron chi connectivity index (χ3n) is 4.08. The second-order valence-corrected chi connectivity index (χ2v) is 7.05. The van der Waals surface area contributed by atoms with Gasteiger partial charge in [-0.15, -0.1) is 0 Å². The highest BCUT2D eigenvalue weighted by molar-refractivity contribution is 5.82. The van der Waals surface area contributed by atoms with Crippen molar-refractivity contribution in [1.29, 1.82) is 0 Å². The van der Waals surface area contributed by atoms with E-state index in [2.05, 4.69) is 0 Å². The van der Waals surface area contributed by atoms with Gasteiger partial charge in [0.1, 0.15) is 11.4 Å². The van der Waals surface area contributed by atoms with Crippen LogP contribution in [0.25, 0.3) is 0 Å². The number of nitrogens with zero attached hydrogens (tertiary/aromatic N) is 1. The van der Waals surface area contributed by atoms with Crippen molar-refractivity contribution in [1.82, 2.24) is 4.90 Å². The lowest BCUT2D eigenvalue weighted by atomic mass is 9.92. The molecule has 0 saturated carbocycles. The fourth-order valence-electron chi connectivity index (χ4n) is 2.96. The minimum absolute atomic E-state index is 0.0123. The third-order valence-corrected chi connectivity index (χ3v) is 4.08. The van der Waals surface area contributed by atoms with E-state index in [1.807, 2.05) is 20.8 Å². The first-order chi connectivity index (χ1) is 9.87. The predicted molar refractivity (Wildman–Crippen MR) is 79.1 cm³/mol. The molecule has 0 spiro atoms. The summed E-state index contributed by atoms with van der Waals surface area (Å²) in [6.07, 6.45) is 3.90. The lowest BCUT2D eigenvalue weighted by Gasteiger charge is -2.36. The van der Waals surface area contributed by atoms with Crippen LogP contribution < -0.4 is 0 Å². The van der Waals surface area contributed by atoms with Crippen LogP contribution in [-0.4, -0.2) is 48.2 Å². The largest absolute Gasteiger partial charge is 0.444 e. The molecule has 0 bridgehead atoms. The molecule has 0 aromatic carbocycles. The lowest BCUT2D eigenvalue weighted by molar-refractivity contribution is -0.124. The molecule has 2 unspecified atom stereocenters. The molecule has 120 valence electrons. The molecule has 2 saturated heterocycles. The lowest BCUT2D eigenvalue weighted by Crippen LogP contribution is -2.47. The fraction of sp³-hybridized carbons (Fsp3) is 0.875. The number of hydrogen-bond acceptors (Lipinski definition) is 4. The molecule has 0 aromatic heterocycles. The minimum Gasteiger partial charge on any atom is -0.444 e. The van der Waals surface area contributed by atoms with Crippen molar-refractivity contribution in [2.75, 3.05) is 19.8 Å². The Kier molecular flexibility index (Phi) is 5.25. The molecule has 2 heterocycles. The van der Waals surface area contributed by atoms with Crippen LogP contribution in [0, 0.1) is 5.92 Å². The SMILES string of the molecule is CC(C)(C)OC(=O)N1CCCCC1CC(=O)C1CCOC1. The van der Waals surface area contributed by atoms with Crippen LogP contribution in [-0.2, 0) is 14.3 Å². The van der Waals surface area contributed by atoms with E-state index in [9.17, 15) is 9.59 Å². The van der Waals surface area contributed by atoms with Gasteiger partial charge in [-0.25, -0.2) is 4.79 Å². The molecule has 2 aliphatic heterocycles. The first-order valence-electron chi connectivity index (χ1n) is 7.97. The Balaban J connectivity index is 1.94. The zero-order valence-electron chi connectivity index (χ0n) is 13.4. The van der Waals surface area contributed by atoms with Crippen molar-refractivity contribution < 1.29 is 19.1 Å². The van der Waals surface area contributed by atoms with E-state index in [1.165, 1.54) is 0 Å². The van der Waals surface area contributed by atoms with E-state index >= 15 is 0 Å². The van der Waals surface area contributed by atoms with E-state index in [4.69, 9.17) is 9.47 Å². The van der Waals surface area contributed by atoms with Crippen molar-refractivity contribution in [3.8, 4) is 0 Å². The second kappa shape index (κ2) is 6.77. The molecule has 2 atom stereocenters. The summed E-state index contributed by atoms with van der Waals surface area (Å²) in [6, 6.07) is -0.0123. The van der Waals surface area contributed by atoms with E-state index < -0.39 is 5.60 Å². The number of ketones is 1. The van der Waals surface area contributed by atoms with Gasteiger partial charge in [0.25, 0.3) is 0 Å². The third kappa shape index (κ3) is 4.70. The van der Waals surface area contributed by atoms with Gasteiger partial charge in [-0.3, -0.25) is 4.79 Å². The summed E-state index contributed by atoms with van der Waals surface area (Å²) < 4.78 is 10.7. The van der Waals surface area contributed by atoms with E-state index in [0.29, 0.717) is 26.2 Å². The number of likely N-dealkylation sites (tertiary alicyclic amines) is 1. The molecule has 5 heteroatoms. The monoisotopic (exact) mass is 297 g/mol. The number of hydrogen-bond donors (Lipinski definition) is 0. The molecule has 2 fully saturated rings. The summed E-state index contributed by atoms with van der Waals surface area (Å²) in [7, 11) is 0. The van der Waals surface area contributed by atoms with E-state index in [-0.39, 0.29) is 23.8 Å². The number of ether oxygens (including phenoxy) is 2. The Morgan fingerprint density at radius 3 is 2.62 bits per heavy atom. The van der Waals surface area contributed by atoms with E-state index in [1.54, 1.807) is 4.90 Å². The highest BCUT2D eigenvalue weighted by Crippen LogP contribution is 2.25. The van der Waals surface area contributed by atoms with Crippen LogP contribution >= 0.6 is 0 Å². The highest BCUT2D eigenvalue weighted by Gasteiger charge is 2.34. The summed E-state index contributed by atoms with van der Waals surface area (Å²) in [4.78, 5) is 26.4. The van der Waals surface area contributed by atoms with Crippen molar-refractivity contribution in [3.63, 3.8) is 0 Å². The molecule has 0 radical (unpaired) electrons. The topological polar surface area (TPSA) is 55.8 Å². The predicted octanol–water partition coefficient (Wildman–Crippen LogP) is 2.77. The van der Waals surface area contributed by atoms with Gasteiger partial charge in [-0.1, -0.05) is 0 Å². The van der Waals surface area contributed by atoms with Crippen LogP contribution in [0.2, 0.25) is 0 Å². The standard InChI is InChI=1S/C16H27NO4/c1-16(2,3)21-15(19)17-8-5-4-6-13(17)10-14(18)12-7-9-20-11-12/h12-13H,4-11H2,1-3H3. The zero-order chi connectivity index (χ0) is 15.5. The summed E-state index contributed by atoms with van der Waals surface area (Å²) in [5.41, 5.74) is -0.498. The van der Waals surface area contributed by atoms with Crippen LogP contribution in [0.4, 0.5) is 4.79 Å². The van der Waals surface area contributed by atoms with Crippen LogP contribution in [0.15, 0.2) is 0 Å². The van der Waals surface area contributed by atoms with Gasteiger partial charge in [0.2, 0.25) is 0 Å². The number of rotatable bonds is 3. The summed E-state index contributed by atoms with van der Waals surface area (Å²) >= 11 is 0. The average Bonchev–Trinajstić information content (AvgIpc) is 2.91. The van der Waals surface area contributed by atoms with Gasteiger partial charge in [-0.05, 0) is 46.5 Å². The molecule has 5 nitrogen and oxygen atoms in total. The first-order valence-corrected chi connectivity index (χ1v) is 7.97. The number of carbonyl (C=O) groups is 2. The molecule has 0 aromatic rings. The van der Waals surface area contributed by atoms with Gasteiger partial charge in [-0.2, -0.15) is 0 Å². The van der Waals surface area contributed by atoms with E-state index in [0.717, 1.165) is 25.7 Å². The molecule has 21 heavy (non-hydrogen) atoms. The number of carbonyl (C=O) groups excluding carboxylic acids is 2. The number of Topliss-reactive ketones (excluding diaryl/α,β-unsaturated/α-hetero) is 1. The zero-order valence-corrected chi connectivity index (χ0v) is 13.4. The Labute approximate surface area is 127 Å². The smallest absolute Gasteiger partial charge is 0.410 e. The molecular weight excluding hydrogens is 270 g/mol. The number of piperidine rings is 1. The van der Waals surface area contributed by atoms with Gasteiger partial charge in [0, 0.05) is 31.5 Å². The molecular formula is C16H27NO4. The van der Waals surface area contributed by atoms with Crippen molar-refractivity contribution in [2.24, 2.45) is 5.92 Å². The highest BCUT2D eigenvalue weighted by atomic mass is 16.6. The molecule has 1 amide bonds. The normalized spacial score (nSPS) is 26.7. The summed E-state index contributed by atoms with van der Waals surface area (Å²) in [6.45, 7) is 7.50. The number of amides is 1. The van der Waals surface area contributed by atoms with Gasteiger partial charge in [0.15, 0.2) is 0 Å². The quantitative estimate of drug-likeness (QED) is 0.804. The van der Waals surface area contributed by atoms with Gasteiger partial charge in [0.05, 0.1) is 6.61 Å². The maximum Gasteiger partial charge on any atom is 0.410 e. The van der Waals surface area contributed by atoms with Crippen LogP contribution in [0.3, 0.4) is 0 Å².